The summed E-state index contributed by atoms with van der Waals surface area (Å²) in [5.41, 5.74) is 4.06. The number of para-hydroxylation sites is 1. The van der Waals surface area contributed by atoms with Crippen molar-refractivity contribution in [1.29, 1.82) is 0 Å². The molecule has 0 unspecified atom stereocenters. The Balaban J connectivity index is 1.58. The molecule has 2 aliphatic heterocycles. The lowest BCUT2D eigenvalue weighted by molar-refractivity contribution is -0.0190. The van der Waals surface area contributed by atoms with Crippen LogP contribution in [0.25, 0.3) is 0 Å². The van der Waals surface area contributed by atoms with Gasteiger partial charge in [-0.05, 0) is 35.9 Å². The van der Waals surface area contributed by atoms with Crippen LogP contribution in [0.3, 0.4) is 0 Å². The molecule has 2 heterocycles. The van der Waals surface area contributed by atoms with Crippen molar-refractivity contribution in [1.82, 2.24) is 5.01 Å². The topological polar surface area (TPSA) is 24.8 Å². The summed E-state index contributed by atoms with van der Waals surface area (Å²) in [5.74, 6) is 0.652. The molecule has 3 aromatic rings. The Morgan fingerprint density at radius 2 is 1.70 bits per heavy atom. The molecular weight excluding hydrogens is 407 g/mol. The van der Waals surface area contributed by atoms with Gasteiger partial charge in [0.25, 0.3) is 0 Å². The zero-order valence-corrected chi connectivity index (χ0v) is 15.9. The van der Waals surface area contributed by atoms with Crippen LogP contribution >= 0.6 is 15.9 Å². The molecule has 0 aliphatic carbocycles. The zero-order chi connectivity index (χ0) is 18.4. The maximum absolute atomic E-state index is 13.3. The average molecular weight is 423 g/mol. The fourth-order valence-electron chi connectivity index (χ4n) is 3.70. The molecule has 134 valence electrons. The molecule has 3 aromatic carbocycles. The molecule has 0 aromatic heterocycles. The van der Waals surface area contributed by atoms with Crippen LogP contribution in [0, 0.1) is 5.82 Å². The van der Waals surface area contributed by atoms with E-state index < -0.39 is 0 Å². The molecule has 5 heteroatoms. The molecule has 0 bridgehead atoms. The summed E-state index contributed by atoms with van der Waals surface area (Å²) in [4.78, 5) is 0. The highest BCUT2D eigenvalue weighted by atomic mass is 79.9. The summed E-state index contributed by atoms with van der Waals surface area (Å²) in [6.45, 7) is 0. The summed E-state index contributed by atoms with van der Waals surface area (Å²) in [6, 6.07) is 22.9. The van der Waals surface area contributed by atoms with Crippen molar-refractivity contribution in [3.05, 3.63) is 99.8 Å². The van der Waals surface area contributed by atoms with E-state index in [-0.39, 0.29) is 18.1 Å². The Labute approximate surface area is 165 Å². The minimum Gasteiger partial charge on any atom is -0.464 e. The van der Waals surface area contributed by atoms with E-state index >= 15 is 0 Å². The molecule has 0 radical (unpaired) electrons. The predicted octanol–water partition coefficient (Wildman–Crippen LogP) is 5.83. The van der Waals surface area contributed by atoms with E-state index in [0.717, 1.165) is 39.0 Å². The third-order valence-corrected chi connectivity index (χ3v) is 5.56. The number of fused-ring (bicyclic) bond motifs is 3. The lowest BCUT2D eigenvalue weighted by Crippen LogP contribution is -2.33. The van der Waals surface area contributed by atoms with Crippen molar-refractivity contribution in [3.8, 4) is 5.75 Å². The highest BCUT2D eigenvalue weighted by molar-refractivity contribution is 9.10. The average Bonchev–Trinajstić information content (AvgIpc) is 3.14. The first-order chi connectivity index (χ1) is 13.2. The van der Waals surface area contributed by atoms with Crippen LogP contribution in [0.4, 0.5) is 4.39 Å². The van der Waals surface area contributed by atoms with Gasteiger partial charge in [0.05, 0.1) is 11.8 Å². The van der Waals surface area contributed by atoms with E-state index in [2.05, 4.69) is 22.0 Å². The molecule has 0 N–H and O–H groups in total. The molecule has 2 atom stereocenters. The van der Waals surface area contributed by atoms with Gasteiger partial charge in [-0.3, -0.25) is 0 Å². The monoisotopic (exact) mass is 422 g/mol. The van der Waals surface area contributed by atoms with Crippen LogP contribution in [0.2, 0.25) is 0 Å². The van der Waals surface area contributed by atoms with Crippen LogP contribution < -0.4 is 4.74 Å². The van der Waals surface area contributed by atoms with Crippen LogP contribution in [-0.4, -0.2) is 10.7 Å². The molecular formula is C22H16BrFN2O. The second-order valence-corrected chi connectivity index (χ2v) is 7.63. The molecule has 27 heavy (non-hydrogen) atoms. The van der Waals surface area contributed by atoms with Gasteiger partial charge in [0.2, 0.25) is 6.23 Å². The highest BCUT2D eigenvalue weighted by Crippen LogP contribution is 2.47. The Morgan fingerprint density at radius 3 is 2.48 bits per heavy atom. The molecule has 3 nitrogen and oxygen atoms in total. The Kier molecular flexibility index (Phi) is 3.97. The van der Waals surface area contributed by atoms with Gasteiger partial charge >= 0.3 is 0 Å². The number of ether oxygens (including phenoxy) is 1. The molecule has 2 aliphatic rings. The molecule has 0 saturated carbocycles. The molecule has 0 saturated heterocycles. The molecule has 0 amide bonds. The summed E-state index contributed by atoms with van der Waals surface area (Å²) >= 11 is 3.49. The normalized spacial score (nSPS) is 20.5. The molecule has 0 spiro atoms. The van der Waals surface area contributed by atoms with E-state index in [4.69, 9.17) is 9.84 Å². The summed E-state index contributed by atoms with van der Waals surface area (Å²) in [6.07, 6.45) is 0.468. The van der Waals surface area contributed by atoms with Gasteiger partial charge in [-0.25, -0.2) is 9.40 Å². The van der Waals surface area contributed by atoms with Gasteiger partial charge in [-0.1, -0.05) is 58.4 Å². The van der Waals surface area contributed by atoms with Crippen molar-refractivity contribution >= 4 is 21.6 Å². The van der Waals surface area contributed by atoms with E-state index in [0.29, 0.717) is 0 Å². The number of rotatable bonds is 2. The SMILES string of the molecule is Fc1ccc(C2=NN3[C@@H](C2)c2ccccc2O[C@H]3c2ccc(Br)cc2)cc1. The van der Waals surface area contributed by atoms with Crippen LogP contribution in [-0.2, 0) is 0 Å². The number of hydrogen-bond acceptors (Lipinski definition) is 3. The van der Waals surface area contributed by atoms with Crippen LogP contribution in [0.15, 0.2) is 82.4 Å². The second-order valence-electron chi connectivity index (χ2n) is 6.71. The largest absolute Gasteiger partial charge is 0.464 e. The van der Waals surface area contributed by atoms with E-state index in [1.54, 1.807) is 12.1 Å². The lowest BCUT2D eigenvalue weighted by Gasteiger charge is -2.38. The van der Waals surface area contributed by atoms with Gasteiger partial charge in [0.1, 0.15) is 11.6 Å². The van der Waals surface area contributed by atoms with Crippen molar-refractivity contribution < 1.29 is 9.13 Å². The smallest absolute Gasteiger partial charge is 0.213 e. The second kappa shape index (κ2) is 6.50. The number of hydrogen-bond donors (Lipinski definition) is 0. The third kappa shape index (κ3) is 2.92. The number of benzene rings is 3. The van der Waals surface area contributed by atoms with Crippen molar-refractivity contribution in [2.24, 2.45) is 5.10 Å². The van der Waals surface area contributed by atoms with Gasteiger partial charge < -0.3 is 4.74 Å². The minimum absolute atomic E-state index is 0.101. The van der Waals surface area contributed by atoms with Crippen LogP contribution in [0.5, 0.6) is 5.75 Å². The van der Waals surface area contributed by atoms with Crippen molar-refractivity contribution in [2.75, 3.05) is 0 Å². The fourth-order valence-corrected chi connectivity index (χ4v) is 3.96. The standard InChI is InChI=1S/C22H16BrFN2O/c23-16-9-5-15(6-10-16)22-26-20(18-3-1-2-4-21(18)27-22)13-19(25-26)14-7-11-17(24)12-8-14/h1-12,20,22H,13H2/t20-,22-/m0/s1. The van der Waals surface area contributed by atoms with Crippen molar-refractivity contribution in [2.45, 2.75) is 18.7 Å². The van der Waals surface area contributed by atoms with Gasteiger partial charge in [-0.15, -0.1) is 0 Å². The Hall–Kier alpha value is -2.66. The van der Waals surface area contributed by atoms with Gasteiger partial charge in [0, 0.05) is 22.0 Å². The number of halogens is 2. The first-order valence-corrected chi connectivity index (χ1v) is 9.61. The predicted molar refractivity (Wildman–Crippen MR) is 106 cm³/mol. The van der Waals surface area contributed by atoms with Gasteiger partial charge in [-0.2, -0.15) is 5.10 Å². The Bertz CT molecular complexity index is 1020. The summed E-state index contributed by atoms with van der Waals surface area (Å²) in [5, 5.41) is 6.91. The quantitative estimate of drug-likeness (QED) is 0.518. The fraction of sp³-hybridized carbons (Fsp3) is 0.136. The third-order valence-electron chi connectivity index (χ3n) is 5.03. The highest BCUT2D eigenvalue weighted by Gasteiger charge is 2.40. The van der Waals surface area contributed by atoms with Crippen LogP contribution in [0.1, 0.15) is 35.4 Å². The maximum atomic E-state index is 13.3. The first-order valence-electron chi connectivity index (χ1n) is 8.82. The van der Waals surface area contributed by atoms with Crippen molar-refractivity contribution in [3.63, 3.8) is 0 Å². The zero-order valence-electron chi connectivity index (χ0n) is 14.3. The minimum atomic E-state index is -0.295. The summed E-state index contributed by atoms with van der Waals surface area (Å²) in [7, 11) is 0. The maximum Gasteiger partial charge on any atom is 0.213 e. The van der Waals surface area contributed by atoms with E-state index in [1.165, 1.54) is 12.1 Å². The number of nitrogens with zero attached hydrogens (tertiary/aromatic N) is 2. The lowest BCUT2D eigenvalue weighted by atomic mass is 9.96. The van der Waals surface area contributed by atoms with E-state index in [1.807, 2.05) is 47.5 Å². The molecule has 0 fully saturated rings. The van der Waals surface area contributed by atoms with E-state index in [9.17, 15) is 4.39 Å². The van der Waals surface area contributed by atoms with Gasteiger partial charge in [0.15, 0.2) is 0 Å². The summed E-state index contributed by atoms with van der Waals surface area (Å²) < 4.78 is 20.7. The Morgan fingerprint density at radius 1 is 0.963 bits per heavy atom. The molecule has 5 rings (SSSR count). The first kappa shape index (κ1) is 16.5. The number of hydrazone groups is 1.